The molecule has 29 heavy (non-hydrogen) atoms. The van der Waals surface area contributed by atoms with Crippen LogP contribution < -0.4 is 15.4 Å². The molecule has 2 N–H and O–H groups in total. The fourth-order valence-electron chi connectivity index (χ4n) is 2.48. The molecule has 152 valence electrons. The first-order chi connectivity index (χ1) is 13.7. The number of halogens is 5. The second-order valence-corrected chi connectivity index (χ2v) is 6.66. The van der Waals surface area contributed by atoms with Gasteiger partial charge in [0.15, 0.2) is 0 Å². The van der Waals surface area contributed by atoms with Gasteiger partial charge in [-0.1, -0.05) is 35.3 Å². The first-order valence-corrected chi connectivity index (χ1v) is 9.20. The number of aromatic nitrogens is 2. The molecular formula is C19H15Cl2F3N4O. The monoisotopic (exact) mass is 442 g/mol. The lowest BCUT2D eigenvalue weighted by atomic mass is 10.1. The molecule has 0 amide bonds. The number of alkyl halides is 3. The van der Waals surface area contributed by atoms with Gasteiger partial charge in [0.05, 0.1) is 16.4 Å². The van der Waals surface area contributed by atoms with Gasteiger partial charge in [-0.3, -0.25) is 0 Å². The summed E-state index contributed by atoms with van der Waals surface area (Å²) >= 11 is 12.1. The van der Waals surface area contributed by atoms with E-state index in [0.29, 0.717) is 45.3 Å². The van der Waals surface area contributed by atoms with Crippen LogP contribution in [0.4, 0.5) is 30.6 Å². The van der Waals surface area contributed by atoms with Crippen molar-refractivity contribution in [1.29, 1.82) is 0 Å². The van der Waals surface area contributed by atoms with Crippen molar-refractivity contribution in [3.05, 3.63) is 58.6 Å². The minimum Gasteiger partial charge on any atom is -0.406 e. The predicted molar refractivity (Wildman–Crippen MR) is 108 cm³/mol. The zero-order valence-corrected chi connectivity index (χ0v) is 16.5. The molecule has 0 unspecified atom stereocenters. The van der Waals surface area contributed by atoms with Gasteiger partial charge < -0.3 is 15.4 Å². The standard InChI is InChI=1S/C19H15Cl2F3N4O/c1-2-25-18-27-16(11-4-3-5-13(8-11)29-19(22,23)24)10-17(28-18)26-15-7-6-12(20)9-14(15)21/h3-10H,2H2,1H3,(H2,25,26,27,28). The third-order valence-corrected chi connectivity index (χ3v) is 4.17. The van der Waals surface area contributed by atoms with Gasteiger partial charge in [0, 0.05) is 23.2 Å². The number of anilines is 3. The summed E-state index contributed by atoms with van der Waals surface area (Å²) in [5.74, 6) is 0.367. The first kappa shape index (κ1) is 21.0. The Balaban J connectivity index is 1.98. The minimum atomic E-state index is -4.78. The lowest BCUT2D eigenvalue weighted by Gasteiger charge is -2.13. The molecule has 5 nitrogen and oxygen atoms in total. The van der Waals surface area contributed by atoms with E-state index in [1.54, 1.807) is 30.3 Å². The average molecular weight is 443 g/mol. The third kappa shape index (κ3) is 5.88. The van der Waals surface area contributed by atoms with Gasteiger partial charge in [-0.05, 0) is 37.3 Å². The fourth-order valence-corrected chi connectivity index (χ4v) is 2.93. The van der Waals surface area contributed by atoms with E-state index in [9.17, 15) is 13.2 Å². The molecule has 3 rings (SSSR count). The molecule has 0 atom stereocenters. The topological polar surface area (TPSA) is 59.1 Å². The second-order valence-electron chi connectivity index (χ2n) is 5.82. The Bertz CT molecular complexity index is 1010. The van der Waals surface area contributed by atoms with Crippen molar-refractivity contribution >= 4 is 40.7 Å². The number of hydrogen-bond acceptors (Lipinski definition) is 5. The van der Waals surface area contributed by atoms with Crippen LogP contribution in [0.15, 0.2) is 48.5 Å². The molecule has 0 bridgehead atoms. The molecule has 0 aliphatic heterocycles. The van der Waals surface area contributed by atoms with Crippen LogP contribution in [0, 0.1) is 0 Å². The first-order valence-electron chi connectivity index (χ1n) is 8.44. The molecule has 0 saturated heterocycles. The summed E-state index contributed by atoms with van der Waals surface area (Å²) in [5, 5.41) is 6.94. The summed E-state index contributed by atoms with van der Waals surface area (Å²) in [5.41, 5.74) is 1.40. The Morgan fingerprint density at radius 2 is 1.83 bits per heavy atom. The van der Waals surface area contributed by atoms with Gasteiger partial charge in [0.25, 0.3) is 0 Å². The van der Waals surface area contributed by atoms with Crippen LogP contribution >= 0.6 is 23.2 Å². The van der Waals surface area contributed by atoms with Crippen LogP contribution in [0.5, 0.6) is 5.75 Å². The van der Waals surface area contributed by atoms with Crippen LogP contribution in [0.1, 0.15) is 6.92 Å². The molecular weight excluding hydrogens is 428 g/mol. The van der Waals surface area contributed by atoms with E-state index in [4.69, 9.17) is 23.2 Å². The van der Waals surface area contributed by atoms with E-state index in [1.807, 2.05) is 6.92 Å². The average Bonchev–Trinajstić information content (AvgIpc) is 2.63. The lowest BCUT2D eigenvalue weighted by molar-refractivity contribution is -0.274. The fraction of sp³-hybridized carbons (Fsp3) is 0.158. The quantitative estimate of drug-likeness (QED) is 0.454. The zero-order valence-electron chi connectivity index (χ0n) is 15.0. The van der Waals surface area contributed by atoms with E-state index >= 15 is 0 Å². The largest absolute Gasteiger partial charge is 0.573 e. The molecule has 0 aliphatic carbocycles. The zero-order chi connectivity index (χ0) is 21.0. The number of ether oxygens (including phenoxy) is 1. The van der Waals surface area contributed by atoms with Crippen LogP contribution in [0.3, 0.4) is 0 Å². The van der Waals surface area contributed by atoms with Crippen molar-refractivity contribution < 1.29 is 17.9 Å². The smallest absolute Gasteiger partial charge is 0.406 e. The van der Waals surface area contributed by atoms with E-state index in [2.05, 4.69) is 25.3 Å². The van der Waals surface area contributed by atoms with Gasteiger partial charge in [-0.2, -0.15) is 4.98 Å². The summed E-state index contributed by atoms with van der Waals surface area (Å²) in [6.45, 7) is 2.43. The SMILES string of the molecule is CCNc1nc(Nc2ccc(Cl)cc2Cl)cc(-c2cccc(OC(F)(F)F)c2)n1. The van der Waals surface area contributed by atoms with Crippen molar-refractivity contribution in [2.24, 2.45) is 0 Å². The lowest BCUT2D eigenvalue weighted by Crippen LogP contribution is -2.17. The number of rotatable bonds is 6. The maximum absolute atomic E-state index is 12.5. The summed E-state index contributed by atoms with van der Waals surface area (Å²) in [4.78, 5) is 8.71. The predicted octanol–water partition coefficient (Wildman–Crippen LogP) is 6.52. The highest BCUT2D eigenvalue weighted by Crippen LogP contribution is 2.31. The van der Waals surface area contributed by atoms with Crippen LogP contribution in [0.2, 0.25) is 10.0 Å². The Labute approximate surface area is 174 Å². The maximum Gasteiger partial charge on any atom is 0.573 e. The van der Waals surface area contributed by atoms with E-state index in [-0.39, 0.29) is 5.75 Å². The Kier molecular flexibility index (Phi) is 6.34. The summed E-state index contributed by atoms with van der Waals surface area (Å²) in [6.07, 6.45) is -4.78. The summed E-state index contributed by atoms with van der Waals surface area (Å²) in [7, 11) is 0. The summed E-state index contributed by atoms with van der Waals surface area (Å²) < 4.78 is 41.6. The van der Waals surface area contributed by atoms with Gasteiger partial charge >= 0.3 is 6.36 Å². The molecule has 0 fully saturated rings. The van der Waals surface area contributed by atoms with Crippen molar-refractivity contribution in [3.63, 3.8) is 0 Å². The molecule has 10 heteroatoms. The molecule has 0 radical (unpaired) electrons. The second kappa shape index (κ2) is 8.75. The molecule has 0 spiro atoms. The van der Waals surface area contributed by atoms with Crippen molar-refractivity contribution in [1.82, 2.24) is 9.97 Å². The molecule has 1 heterocycles. The van der Waals surface area contributed by atoms with E-state index in [0.717, 1.165) is 0 Å². The molecule has 1 aromatic heterocycles. The normalized spacial score (nSPS) is 11.2. The van der Waals surface area contributed by atoms with Gasteiger partial charge in [-0.15, -0.1) is 13.2 Å². The molecule has 3 aromatic rings. The van der Waals surface area contributed by atoms with Crippen LogP contribution in [-0.4, -0.2) is 22.9 Å². The maximum atomic E-state index is 12.5. The number of benzene rings is 2. The molecule has 0 saturated carbocycles. The summed E-state index contributed by atoms with van der Waals surface area (Å²) in [6, 6.07) is 12.1. The number of nitrogens with zero attached hydrogens (tertiary/aromatic N) is 2. The van der Waals surface area contributed by atoms with E-state index in [1.165, 1.54) is 18.2 Å². The highest BCUT2D eigenvalue weighted by atomic mass is 35.5. The van der Waals surface area contributed by atoms with Gasteiger partial charge in [-0.25, -0.2) is 4.98 Å². The van der Waals surface area contributed by atoms with Gasteiger partial charge in [0.2, 0.25) is 5.95 Å². The highest BCUT2D eigenvalue weighted by molar-refractivity contribution is 6.36. The van der Waals surface area contributed by atoms with Crippen LogP contribution in [0.25, 0.3) is 11.3 Å². The van der Waals surface area contributed by atoms with Crippen molar-refractivity contribution in [2.45, 2.75) is 13.3 Å². The van der Waals surface area contributed by atoms with Gasteiger partial charge in [0.1, 0.15) is 11.6 Å². The van der Waals surface area contributed by atoms with Crippen molar-refractivity contribution in [3.8, 4) is 17.0 Å². The third-order valence-electron chi connectivity index (χ3n) is 3.62. The number of nitrogens with one attached hydrogen (secondary N) is 2. The highest BCUT2D eigenvalue weighted by Gasteiger charge is 2.31. The Morgan fingerprint density at radius 1 is 1.03 bits per heavy atom. The Morgan fingerprint density at radius 3 is 2.52 bits per heavy atom. The minimum absolute atomic E-state index is 0.305. The van der Waals surface area contributed by atoms with E-state index < -0.39 is 6.36 Å². The Hall–Kier alpha value is -2.71. The van der Waals surface area contributed by atoms with Crippen LogP contribution in [-0.2, 0) is 0 Å². The number of hydrogen-bond donors (Lipinski definition) is 2. The molecule has 2 aromatic carbocycles. The molecule has 0 aliphatic rings. The van der Waals surface area contributed by atoms with Crippen molar-refractivity contribution in [2.75, 3.05) is 17.2 Å².